The number of rotatable bonds is 7. The van der Waals surface area contributed by atoms with Gasteiger partial charge in [-0.05, 0) is 69.5 Å². The fourth-order valence-corrected chi connectivity index (χ4v) is 3.66. The molecule has 0 fully saturated rings. The van der Waals surface area contributed by atoms with Crippen molar-refractivity contribution in [2.45, 2.75) is 52.4 Å². The Hall–Kier alpha value is -3.28. The Balaban J connectivity index is 1.64. The minimum absolute atomic E-state index is 0.0228. The van der Waals surface area contributed by atoms with Crippen LogP contribution in [0.15, 0.2) is 48.5 Å². The molecule has 0 spiro atoms. The zero-order valence-corrected chi connectivity index (χ0v) is 18.6. The average molecular weight is 424 g/mol. The quantitative estimate of drug-likeness (QED) is 0.488. The van der Waals surface area contributed by atoms with Crippen molar-refractivity contribution in [3.05, 3.63) is 59.7 Å². The molecular weight excluding hydrogens is 394 g/mol. The summed E-state index contributed by atoms with van der Waals surface area (Å²) in [6.07, 6.45) is 2.86. The van der Waals surface area contributed by atoms with Crippen molar-refractivity contribution in [3.63, 3.8) is 0 Å². The minimum Gasteiger partial charge on any atom is -0.493 e. The summed E-state index contributed by atoms with van der Waals surface area (Å²) in [6, 6.07) is 13.2. The number of esters is 1. The molecule has 0 radical (unpaired) electrons. The third-order valence-electron chi connectivity index (χ3n) is 5.05. The smallest absolute Gasteiger partial charge is 0.331 e. The average Bonchev–Trinajstić information content (AvgIpc) is 3.07. The van der Waals surface area contributed by atoms with Crippen molar-refractivity contribution in [1.82, 2.24) is 0 Å². The van der Waals surface area contributed by atoms with Crippen LogP contribution in [0, 0.1) is 0 Å². The van der Waals surface area contributed by atoms with Crippen LogP contribution < -0.4 is 14.4 Å². The lowest BCUT2D eigenvalue weighted by Gasteiger charge is -2.25. The maximum atomic E-state index is 12.9. The number of hydrogen-bond donors (Lipinski definition) is 0. The number of ether oxygens (including phenoxy) is 3. The molecule has 0 unspecified atom stereocenters. The maximum Gasteiger partial charge on any atom is 0.331 e. The first-order valence-electron chi connectivity index (χ1n) is 10.4. The molecule has 0 aromatic heterocycles. The molecule has 6 nitrogen and oxygen atoms in total. The van der Waals surface area contributed by atoms with E-state index in [2.05, 4.69) is 0 Å². The molecule has 0 saturated heterocycles. The first-order chi connectivity index (χ1) is 14.8. The second-order valence-corrected chi connectivity index (χ2v) is 7.88. The van der Waals surface area contributed by atoms with Gasteiger partial charge in [0.15, 0.2) is 17.6 Å². The number of fused-ring (bicyclic) bond motifs is 1. The summed E-state index contributed by atoms with van der Waals surface area (Å²) < 4.78 is 16.4. The van der Waals surface area contributed by atoms with Crippen LogP contribution in [-0.2, 0) is 20.7 Å². The molecule has 164 valence electrons. The second-order valence-electron chi connectivity index (χ2n) is 7.88. The highest BCUT2D eigenvalue weighted by Gasteiger charge is 2.34. The summed E-state index contributed by atoms with van der Waals surface area (Å²) in [5.74, 6) is 0.407. The molecule has 1 amide bonds. The van der Waals surface area contributed by atoms with Crippen LogP contribution in [0.5, 0.6) is 11.5 Å². The third kappa shape index (κ3) is 5.26. The fourth-order valence-electron chi connectivity index (χ4n) is 3.66. The van der Waals surface area contributed by atoms with Crippen molar-refractivity contribution in [2.75, 3.05) is 12.0 Å². The predicted octanol–water partition coefficient (Wildman–Crippen LogP) is 4.41. The zero-order chi connectivity index (χ0) is 22.5. The lowest BCUT2D eigenvalue weighted by molar-refractivity contribution is -0.149. The van der Waals surface area contributed by atoms with E-state index in [1.54, 1.807) is 37.1 Å². The SMILES string of the molecule is COc1cc(/C=C/C(=O)O[C@H](C)C(=O)N2c3ccccc3C[C@H]2C)ccc1OC(C)C. The molecule has 0 N–H and O–H groups in total. The van der Waals surface area contributed by atoms with Crippen LogP contribution >= 0.6 is 0 Å². The van der Waals surface area contributed by atoms with E-state index >= 15 is 0 Å². The normalized spacial score (nSPS) is 16.3. The Bertz CT molecular complexity index is 982. The minimum atomic E-state index is -0.887. The topological polar surface area (TPSA) is 65.1 Å². The highest BCUT2D eigenvalue weighted by Crippen LogP contribution is 2.32. The van der Waals surface area contributed by atoms with Crippen molar-refractivity contribution in [3.8, 4) is 11.5 Å². The molecule has 1 heterocycles. The Kier molecular flexibility index (Phi) is 7.00. The van der Waals surface area contributed by atoms with Gasteiger partial charge in [-0.3, -0.25) is 4.79 Å². The standard InChI is InChI=1S/C25H29NO5/c1-16(2)30-22-12-10-19(15-23(22)29-5)11-13-24(27)31-18(4)25(28)26-17(3)14-20-8-6-7-9-21(20)26/h6-13,15-18H,14H2,1-5H3/b13-11+/t17-,18-/m1/s1. The van der Waals surface area contributed by atoms with Gasteiger partial charge < -0.3 is 19.1 Å². The maximum absolute atomic E-state index is 12.9. The summed E-state index contributed by atoms with van der Waals surface area (Å²) in [7, 11) is 1.56. The fraction of sp³-hybridized carbons (Fsp3) is 0.360. The van der Waals surface area contributed by atoms with Crippen LogP contribution in [0.1, 0.15) is 38.8 Å². The number of hydrogen-bond acceptors (Lipinski definition) is 5. The number of carbonyl (C=O) groups excluding carboxylic acids is 2. The van der Waals surface area contributed by atoms with E-state index in [0.29, 0.717) is 11.5 Å². The van der Waals surface area contributed by atoms with E-state index in [4.69, 9.17) is 14.2 Å². The van der Waals surface area contributed by atoms with Crippen LogP contribution in [-0.4, -0.2) is 37.2 Å². The first kappa shape index (κ1) is 22.4. The van der Waals surface area contributed by atoms with Crippen molar-refractivity contribution >= 4 is 23.6 Å². The molecule has 2 aromatic rings. The number of anilines is 1. The molecule has 2 aromatic carbocycles. The number of methoxy groups -OCH3 is 1. The van der Waals surface area contributed by atoms with Crippen molar-refractivity contribution in [1.29, 1.82) is 0 Å². The van der Waals surface area contributed by atoms with Crippen LogP contribution in [0.25, 0.3) is 6.08 Å². The van der Waals surface area contributed by atoms with Crippen LogP contribution in [0.4, 0.5) is 5.69 Å². The molecule has 31 heavy (non-hydrogen) atoms. The summed E-state index contributed by atoms with van der Waals surface area (Å²) in [5, 5.41) is 0. The Labute approximate surface area is 183 Å². The molecule has 0 aliphatic carbocycles. The third-order valence-corrected chi connectivity index (χ3v) is 5.05. The van der Waals surface area contributed by atoms with Crippen molar-refractivity contribution < 1.29 is 23.8 Å². The lowest BCUT2D eigenvalue weighted by Crippen LogP contribution is -2.43. The van der Waals surface area contributed by atoms with Gasteiger partial charge in [-0.15, -0.1) is 0 Å². The van der Waals surface area contributed by atoms with E-state index in [1.165, 1.54) is 6.08 Å². The molecule has 0 bridgehead atoms. The Morgan fingerprint density at radius 1 is 1.10 bits per heavy atom. The molecule has 1 aliphatic heterocycles. The number of para-hydroxylation sites is 1. The van der Waals surface area contributed by atoms with E-state index in [0.717, 1.165) is 23.2 Å². The highest BCUT2D eigenvalue weighted by atomic mass is 16.5. The van der Waals surface area contributed by atoms with Crippen molar-refractivity contribution in [2.24, 2.45) is 0 Å². The van der Waals surface area contributed by atoms with Gasteiger partial charge in [0.25, 0.3) is 5.91 Å². The van der Waals surface area contributed by atoms with E-state index in [-0.39, 0.29) is 18.1 Å². The van der Waals surface area contributed by atoms with E-state index < -0.39 is 12.1 Å². The lowest BCUT2D eigenvalue weighted by atomic mass is 10.1. The van der Waals surface area contributed by atoms with E-state index in [9.17, 15) is 9.59 Å². The zero-order valence-electron chi connectivity index (χ0n) is 18.6. The van der Waals surface area contributed by atoms with Gasteiger partial charge in [0.1, 0.15) is 0 Å². The number of amides is 1. The molecule has 6 heteroatoms. The monoisotopic (exact) mass is 423 g/mol. The Morgan fingerprint density at radius 2 is 1.84 bits per heavy atom. The van der Waals surface area contributed by atoms with Gasteiger partial charge in [-0.2, -0.15) is 0 Å². The second kappa shape index (κ2) is 9.69. The summed E-state index contributed by atoms with van der Waals surface area (Å²) in [4.78, 5) is 27.0. The first-order valence-corrected chi connectivity index (χ1v) is 10.4. The van der Waals surface area contributed by atoms with Gasteiger partial charge in [0, 0.05) is 17.8 Å². The summed E-state index contributed by atoms with van der Waals surface area (Å²) in [6.45, 7) is 7.47. The molecule has 2 atom stereocenters. The van der Waals surface area contributed by atoms with Crippen LogP contribution in [0.2, 0.25) is 0 Å². The molecule has 3 rings (SSSR count). The van der Waals surface area contributed by atoms with Gasteiger partial charge in [-0.1, -0.05) is 24.3 Å². The largest absolute Gasteiger partial charge is 0.493 e. The molecule has 1 aliphatic rings. The van der Waals surface area contributed by atoms with Gasteiger partial charge in [0.2, 0.25) is 0 Å². The molecule has 0 saturated carbocycles. The van der Waals surface area contributed by atoms with Gasteiger partial charge in [0.05, 0.1) is 13.2 Å². The molecular formula is C25H29NO5. The number of carbonyl (C=O) groups is 2. The van der Waals surface area contributed by atoms with Crippen LogP contribution in [0.3, 0.4) is 0 Å². The summed E-state index contributed by atoms with van der Waals surface area (Å²) >= 11 is 0. The van der Waals surface area contributed by atoms with Gasteiger partial charge in [-0.25, -0.2) is 4.79 Å². The summed E-state index contributed by atoms with van der Waals surface area (Å²) in [5.41, 5.74) is 2.76. The highest BCUT2D eigenvalue weighted by molar-refractivity contribution is 6.00. The number of benzene rings is 2. The number of nitrogens with zero attached hydrogens (tertiary/aromatic N) is 1. The Morgan fingerprint density at radius 3 is 2.55 bits per heavy atom. The van der Waals surface area contributed by atoms with Gasteiger partial charge >= 0.3 is 5.97 Å². The predicted molar refractivity (Wildman–Crippen MR) is 120 cm³/mol. The van der Waals surface area contributed by atoms with E-state index in [1.807, 2.05) is 51.1 Å².